The van der Waals surface area contributed by atoms with Crippen LogP contribution < -0.4 is 0 Å². The zero-order chi connectivity index (χ0) is 44.3. The van der Waals surface area contributed by atoms with Gasteiger partial charge in [0, 0.05) is 12.8 Å². The van der Waals surface area contributed by atoms with Crippen LogP contribution in [-0.4, -0.2) is 74.9 Å². The fraction of sp³-hybridized carbons (Fsp3) is 0.640. The second kappa shape index (κ2) is 41.3. The molecule has 0 saturated heterocycles. The van der Waals surface area contributed by atoms with Gasteiger partial charge in [-0.25, -0.2) is 4.57 Å². The first kappa shape index (κ1) is 56.9. The number of unbranched alkanes of at least 4 members (excludes halogenated alkanes) is 10. The quantitative estimate of drug-likeness (QED) is 0.0213. The monoisotopic (exact) mass is 859 g/mol. The maximum atomic E-state index is 12.7. The minimum absolute atomic E-state index is 0.0117. The van der Waals surface area contributed by atoms with Crippen LogP contribution in [0.2, 0.25) is 0 Å². The van der Waals surface area contributed by atoms with Crippen LogP contribution in [0.1, 0.15) is 155 Å². The van der Waals surface area contributed by atoms with Gasteiger partial charge in [0.05, 0.1) is 27.7 Å². The van der Waals surface area contributed by atoms with E-state index in [0.29, 0.717) is 23.9 Å². The maximum absolute atomic E-state index is 12.7. The van der Waals surface area contributed by atoms with Crippen LogP contribution in [-0.2, 0) is 32.7 Å². The molecule has 0 saturated carbocycles. The molecule has 60 heavy (non-hydrogen) atoms. The van der Waals surface area contributed by atoms with Crippen molar-refractivity contribution in [3.8, 4) is 0 Å². The van der Waals surface area contributed by atoms with Crippen molar-refractivity contribution in [2.45, 2.75) is 161 Å². The molecule has 0 aliphatic carbocycles. The number of quaternary nitrogens is 1. The van der Waals surface area contributed by atoms with Crippen LogP contribution in [0.25, 0.3) is 0 Å². The summed E-state index contributed by atoms with van der Waals surface area (Å²) in [5, 5.41) is 0. The van der Waals surface area contributed by atoms with Gasteiger partial charge in [0.2, 0.25) is 0 Å². The summed E-state index contributed by atoms with van der Waals surface area (Å²) in [6.45, 7) is 4.18. The van der Waals surface area contributed by atoms with Gasteiger partial charge in [0.1, 0.15) is 19.8 Å². The van der Waals surface area contributed by atoms with E-state index in [1.165, 1.54) is 38.5 Å². The molecule has 1 N–H and O–H groups in total. The predicted molar refractivity (Wildman–Crippen MR) is 252 cm³/mol. The van der Waals surface area contributed by atoms with Crippen molar-refractivity contribution < 1.29 is 42.1 Å². The average molecular weight is 859 g/mol. The second-order valence-electron chi connectivity index (χ2n) is 16.0. The Labute approximate surface area is 366 Å². The van der Waals surface area contributed by atoms with Gasteiger partial charge in [-0.05, 0) is 89.9 Å². The Bertz CT molecular complexity index is 1340. The Hall–Kier alpha value is -3.07. The summed E-state index contributed by atoms with van der Waals surface area (Å²) in [5.41, 5.74) is 0. The molecule has 342 valence electrons. The fourth-order valence-electron chi connectivity index (χ4n) is 5.53. The first-order chi connectivity index (χ1) is 29.0. The summed E-state index contributed by atoms with van der Waals surface area (Å²) in [7, 11) is 1.41. The third kappa shape index (κ3) is 44.5. The normalized spacial score (nSPS) is 14.4. The van der Waals surface area contributed by atoms with Crippen LogP contribution in [0.4, 0.5) is 0 Å². The minimum Gasteiger partial charge on any atom is -0.462 e. The lowest BCUT2D eigenvalue weighted by molar-refractivity contribution is -0.870. The first-order valence-electron chi connectivity index (χ1n) is 23.0. The number of allylic oxidation sites excluding steroid dienone is 16. The van der Waals surface area contributed by atoms with E-state index < -0.39 is 32.5 Å². The summed E-state index contributed by atoms with van der Waals surface area (Å²) in [5.74, 6) is -0.907. The van der Waals surface area contributed by atoms with E-state index in [1.807, 2.05) is 21.1 Å². The average Bonchev–Trinajstić information content (AvgIpc) is 3.20. The standard InChI is InChI=1S/C50H84NO8P/c1-6-8-10-12-14-16-18-20-22-24-25-27-29-31-33-35-37-39-41-43-50(53)59-48(47-58-60(54,55)57-45-44-51(3,4)5)46-56-49(52)42-40-38-36-34-32-30-28-26-23-21-19-17-15-13-11-9-7-2/h8,10,14,16,20-23,25,27-28,30-31,33-34,36,48H,6-7,9,11-13,15,17-19,24,26,29,32,35,37-47H2,1-5H3/p+1/b10-8-,16-14-,22-20-,23-21-,27-25-,30-28-,33-31-,36-34-/t48-/m1/s1. The lowest BCUT2D eigenvalue weighted by Gasteiger charge is -2.24. The number of likely N-dealkylation sites (N-methyl/N-ethyl adjacent to an activating group) is 1. The highest BCUT2D eigenvalue weighted by Crippen LogP contribution is 2.43. The van der Waals surface area contributed by atoms with Crippen LogP contribution in [0.15, 0.2) is 97.2 Å². The molecule has 0 aromatic heterocycles. The van der Waals surface area contributed by atoms with E-state index in [-0.39, 0.29) is 26.1 Å². The van der Waals surface area contributed by atoms with Crippen molar-refractivity contribution in [2.75, 3.05) is 47.5 Å². The topological polar surface area (TPSA) is 108 Å². The molecule has 0 spiro atoms. The molecule has 0 amide bonds. The van der Waals surface area contributed by atoms with Crippen LogP contribution in [0, 0.1) is 0 Å². The zero-order valence-corrected chi connectivity index (χ0v) is 39.3. The zero-order valence-electron chi connectivity index (χ0n) is 38.4. The number of hydrogen-bond acceptors (Lipinski definition) is 7. The maximum Gasteiger partial charge on any atom is 0.472 e. The Kier molecular flexibility index (Phi) is 39.2. The molecule has 9 nitrogen and oxygen atoms in total. The lowest BCUT2D eigenvalue weighted by atomic mass is 10.1. The third-order valence-corrected chi connectivity index (χ3v) is 10.1. The Morgan fingerprint density at radius 3 is 1.47 bits per heavy atom. The molecule has 0 aromatic carbocycles. The van der Waals surface area contributed by atoms with E-state index in [0.717, 1.165) is 77.0 Å². The van der Waals surface area contributed by atoms with Crippen LogP contribution >= 0.6 is 7.82 Å². The molecule has 0 bridgehead atoms. The van der Waals surface area contributed by atoms with Gasteiger partial charge in [-0.15, -0.1) is 0 Å². The second-order valence-corrected chi connectivity index (χ2v) is 17.5. The predicted octanol–water partition coefficient (Wildman–Crippen LogP) is 13.4. The van der Waals surface area contributed by atoms with E-state index in [2.05, 4.69) is 111 Å². The number of hydrogen-bond donors (Lipinski definition) is 1. The van der Waals surface area contributed by atoms with Gasteiger partial charge < -0.3 is 18.9 Å². The molecule has 0 rings (SSSR count). The van der Waals surface area contributed by atoms with Crippen molar-refractivity contribution in [2.24, 2.45) is 0 Å². The van der Waals surface area contributed by atoms with Crippen molar-refractivity contribution >= 4 is 19.8 Å². The molecule has 0 aliphatic heterocycles. The number of esters is 2. The van der Waals surface area contributed by atoms with E-state index in [9.17, 15) is 19.0 Å². The molecule has 1 unspecified atom stereocenters. The van der Waals surface area contributed by atoms with Crippen LogP contribution in [0.3, 0.4) is 0 Å². The van der Waals surface area contributed by atoms with Gasteiger partial charge >= 0.3 is 19.8 Å². The molecule has 0 aromatic rings. The first-order valence-corrected chi connectivity index (χ1v) is 24.5. The Morgan fingerprint density at radius 2 is 0.967 bits per heavy atom. The van der Waals surface area contributed by atoms with Crippen molar-refractivity contribution in [3.05, 3.63) is 97.2 Å². The number of phosphoric ester groups is 1. The van der Waals surface area contributed by atoms with Crippen molar-refractivity contribution in [3.63, 3.8) is 0 Å². The molecule has 0 heterocycles. The largest absolute Gasteiger partial charge is 0.472 e. The summed E-state index contributed by atoms with van der Waals surface area (Å²) in [4.78, 5) is 35.4. The molecular weight excluding hydrogens is 774 g/mol. The smallest absolute Gasteiger partial charge is 0.462 e. The summed E-state index contributed by atoms with van der Waals surface area (Å²) in [6, 6.07) is 0. The number of ether oxygens (including phenoxy) is 2. The number of rotatable bonds is 40. The highest BCUT2D eigenvalue weighted by molar-refractivity contribution is 7.47. The van der Waals surface area contributed by atoms with Gasteiger partial charge in [0.25, 0.3) is 0 Å². The van der Waals surface area contributed by atoms with Gasteiger partial charge in [-0.2, -0.15) is 0 Å². The summed E-state index contributed by atoms with van der Waals surface area (Å²) >= 11 is 0. The van der Waals surface area contributed by atoms with E-state index in [4.69, 9.17) is 18.5 Å². The minimum atomic E-state index is -4.40. The van der Waals surface area contributed by atoms with Crippen molar-refractivity contribution in [1.29, 1.82) is 0 Å². The molecule has 10 heteroatoms. The number of carbonyl (C=O) groups is 2. The Morgan fingerprint density at radius 1 is 0.533 bits per heavy atom. The number of phosphoric acid groups is 1. The highest BCUT2D eigenvalue weighted by Gasteiger charge is 2.27. The SMILES string of the molecule is CC/C=C\C/C=C\C/C=C\C/C=C\C/C=C\CCCCCC(=O)O[C@H](COC(=O)CCC/C=C\C/C=C\C/C=C\CCCCCCCC)COP(=O)(O)OCC[N+](C)(C)C. The van der Waals surface area contributed by atoms with Gasteiger partial charge in [0.15, 0.2) is 6.10 Å². The van der Waals surface area contributed by atoms with Crippen LogP contribution in [0.5, 0.6) is 0 Å². The molecule has 0 radical (unpaired) electrons. The summed E-state index contributed by atoms with van der Waals surface area (Å²) < 4.78 is 34.2. The number of carbonyl (C=O) groups excluding carboxylic acids is 2. The molecule has 0 fully saturated rings. The molecule has 0 aliphatic rings. The molecular formula is C50H85NO8P+. The fourth-order valence-corrected chi connectivity index (χ4v) is 6.27. The highest BCUT2D eigenvalue weighted by atomic mass is 31.2. The van der Waals surface area contributed by atoms with Gasteiger partial charge in [-0.3, -0.25) is 18.6 Å². The summed E-state index contributed by atoms with van der Waals surface area (Å²) in [6.07, 6.45) is 54.7. The molecule has 2 atom stereocenters. The third-order valence-electron chi connectivity index (χ3n) is 9.10. The van der Waals surface area contributed by atoms with E-state index >= 15 is 0 Å². The number of nitrogens with zero attached hydrogens (tertiary/aromatic N) is 1. The Balaban J connectivity index is 4.51. The van der Waals surface area contributed by atoms with E-state index in [1.54, 1.807) is 0 Å². The van der Waals surface area contributed by atoms with Crippen molar-refractivity contribution in [1.82, 2.24) is 0 Å². The van der Waals surface area contributed by atoms with Gasteiger partial charge in [-0.1, -0.05) is 150 Å². The lowest BCUT2D eigenvalue weighted by Crippen LogP contribution is -2.37.